The first kappa shape index (κ1) is 22.5. The van der Waals surface area contributed by atoms with Crippen LogP contribution in [-0.4, -0.2) is 61.1 Å². The van der Waals surface area contributed by atoms with Crippen molar-refractivity contribution in [2.75, 3.05) is 31.1 Å². The fourth-order valence-corrected chi connectivity index (χ4v) is 4.57. The van der Waals surface area contributed by atoms with Gasteiger partial charge in [-0.15, -0.1) is 0 Å². The molecular formula is C24H37BN2O4. The van der Waals surface area contributed by atoms with Gasteiger partial charge in [-0.05, 0) is 78.9 Å². The molecule has 6 nitrogen and oxygen atoms in total. The topological polar surface area (TPSA) is 51.2 Å². The lowest BCUT2D eigenvalue weighted by Gasteiger charge is -2.55. The van der Waals surface area contributed by atoms with Crippen LogP contribution in [0.5, 0.6) is 0 Å². The van der Waals surface area contributed by atoms with Gasteiger partial charge in [-0.2, -0.15) is 0 Å². The maximum absolute atomic E-state index is 12.3. The Hall–Kier alpha value is -1.73. The zero-order chi connectivity index (χ0) is 22.7. The van der Waals surface area contributed by atoms with Crippen LogP contribution in [-0.2, 0) is 14.0 Å². The fraction of sp³-hybridized carbons (Fsp3) is 0.708. The van der Waals surface area contributed by atoms with Crippen molar-refractivity contribution in [3.63, 3.8) is 0 Å². The number of piperidine rings is 1. The second-order valence-corrected chi connectivity index (χ2v) is 11.5. The van der Waals surface area contributed by atoms with Gasteiger partial charge in [0.2, 0.25) is 0 Å². The highest BCUT2D eigenvalue weighted by Crippen LogP contribution is 2.43. The largest absolute Gasteiger partial charge is 0.494 e. The lowest BCUT2D eigenvalue weighted by atomic mass is 9.71. The number of ether oxygens (including phenoxy) is 1. The van der Waals surface area contributed by atoms with E-state index in [0.717, 1.165) is 44.5 Å². The maximum Gasteiger partial charge on any atom is 0.494 e. The average Bonchev–Trinajstić information content (AvgIpc) is 2.86. The van der Waals surface area contributed by atoms with Gasteiger partial charge in [0.15, 0.2) is 0 Å². The van der Waals surface area contributed by atoms with Gasteiger partial charge < -0.3 is 23.8 Å². The number of benzene rings is 1. The Bertz CT molecular complexity index is 799. The lowest BCUT2D eigenvalue weighted by Crippen LogP contribution is -2.61. The van der Waals surface area contributed by atoms with Crippen molar-refractivity contribution in [2.45, 2.75) is 78.1 Å². The van der Waals surface area contributed by atoms with Crippen LogP contribution in [0.1, 0.15) is 61.3 Å². The van der Waals surface area contributed by atoms with Crippen molar-refractivity contribution in [3.05, 3.63) is 24.3 Å². The Balaban J connectivity index is 1.30. The highest BCUT2D eigenvalue weighted by atomic mass is 16.7. The molecule has 1 amide bonds. The third kappa shape index (κ3) is 4.44. The minimum Gasteiger partial charge on any atom is -0.444 e. The fourth-order valence-electron chi connectivity index (χ4n) is 4.57. The monoisotopic (exact) mass is 428 g/mol. The maximum atomic E-state index is 12.3. The molecule has 3 fully saturated rings. The number of carbonyl (C=O) groups excluding carboxylic acids is 1. The number of carbonyl (C=O) groups is 1. The van der Waals surface area contributed by atoms with Crippen LogP contribution in [0.2, 0.25) is 0 Å². The molecule has 1 aromatic carbocycles. The number of anilines is 1. The number of rotatable bonds is 2. The predicted molar refractivity (Wildman–Crippen MR) is 124 cm³/mol. The summed E-state index contributed by atoms with van der Waals surface area (Å²) in [5, 5.41) is 0. The number of hydrogen-bond acceptors (Lipinski definition) is 5. The molecule has 0 saturated carbocycles. The van der Waals surface area contributed by atoms with Crippen molar-refractivity contribution < 1.29 is 18.8 Å². The molecule has 0 N–H and O–H groups in total. The molecule has 3 aliphatic rings. The van der Waals surface area contributed by atoms with Crippen molar-refractivity contribution in [1.82, 2.24) is 4.90 Å². The van der Waals surface area contributed by atoms with E-state index in [1.165, 1.54) is 5.69 Å². The van der Waals surface area contributed by atoms with E-state index in [9.17, 15) is 4.79 Å². The first-order valence-corrected chi connectivity index (χ1v) is 11.5. The van der Waals surface area contributed by atoms with Gasteiger partial charge >= 0.3 is 13.2 Å². The zero-order valence-corrected chi connectivity index (χ0v) is 20.2. The minimum atomic E-state index is -0.439. The summed E-state index contributed by atoms with van der Waals surface area (Å²) in [4.78, 5) is 16.6. The van der Waals surface area contributed by atoms with Gasteiger partial charge in [0.1, 0.15) is 5.60 Å². The molecule has 1 aromatic rings. The van der Waals surface area contributed by atoms with Gasteiger partial charge in [-0.25, -0.2) is 4.79 Å². The summed E-state index contributed by atoms with van der Waals surface area (Å²) in [6, 6.07) is 8.58. The smallest absolute Gasteiger partial charge is 0.444 e. The number of nitrogens with zero attached hydrogens (tertiary/aromatic N) is 2. The molecule has 0 unspecified atom stereocenters. The molecule has 0 aliphatic carbocycles. The third-order valence-electron chi connectivity index (χ3n) is 7.31. The molecule has 0 bridgehead atoms. The Morgan fingerprint density at radius 2 is 1.48 bits per heavy atom. The van der Waals surface area contributed by atoms with E-state index in [0.29, 0.717) is 5.41 Å². The third-order valence-corrected chi connectivity index (χ3v) is 7.31. The Kier molecular flexibility index (Phi) is 5.37. The van der Waals surface area contributed by atoms with Crippen LogP contribution >= 0.6 is 0 Å². The second-order valence-electron chi connectivity index (χ2n) is 11.5. The first-order chi connectivity index (χ1) is 14.3. The van der Waals surface area contributed by atoms with E-state index in [1.807, 2.05) is 25.7 Å². The molecule has 4 rings (SSSR count). The molecular weight excluding hydrogens is 391 g/mol. The zero-order valence-electron chi connectivity index (χ0n) is 20.2. The number of hydrogen-bond donors (Lipinski definition) is 0. The normalized spacial score (nSPS) is 24.3. The summed E-state index contributed by atoms with van der Waals surface area (Å²) in [6.07, 6.45) is 1.89. The van der Waals surface area contributed by atoms with E-state index >= 15 is 0 Å². The van der Waals surface area contributed by atoms with Crippen molar-refractivity contribution in [3.8, 4) is 0 Å². The van der Waals surface area contributed by atoms with E-state index in [4.69, 9.17) is 14.0 Å². The standard InChI is InChI=1S/C24H37BN2O4/c1-21(2,3)29-20(28)26-14-12-24(13-15-26)16-27(17-24)19-10-8-18(9-11-19)25-30-22(4,5)23(6,7)31-25/h8-11H,12-17H2,1-7H3. The first-order valence-electron chi connectivity index (χ1n) is 11.5. The van der Waals surface area contributed by atoms with Crippen molar-refractivity contribution >= 4 is 24.4 Å². The van der Waals surface area contributed by atoms with Crippen LogP contribution in [0.25, 0.3) is 0 Å². The Labute approximate surface area is 187 Å². The molecule has 0 atom stereocenters. The minimum absolute atomic E-state index is 0.183. The lowest BCUT2D eigenvalue weighted by molar-refractivity contribution is 0.00578. The van der Waals surface area contributed by atoms with Crippen LogP contribution < -0.4 is 10.4 Å². The molecule has 1 spiro atoms. The predicted octanol–water partition coefficient (Wildman–Crippen LogP) is 3.82. The quantitative estimate of drug-likeness (QED) is 0.671. The van der Waals surface area contributed by atoms with E-state index in [2.05, 4.69) is 56.9 Å². The molecule has 3 saturated heterocycles. The van der Waals surface area contributed by atoms with E-state index in [1.54, 1.807) is 0 Å². The Morgan fingerprint density at radius 1 is 0.968 bits per heavy atom. The highest BCUT2D eigenvalue weighted by Gasteiger charge is 2.52. The van der Waals surface area contributed by atoms with Crippen molar-refractivity contribution in [2.24, 2.45) is 5.41 Å². The molecule has 0 aromatic heterocycles. The summed E-state index contributed by atoms with van der Waals surface area (Å²) >= 11 is 0. The van der Waals surface area contributed by atoms with E-state index < -0.39 is 5.60 Å². The summed E-state index contributed by atoms with van der Waals surface area (Å²) in [5.74, 6) is 0. The van der Waals surface area contributed by atoms with Gasteiger partial charge in [-0.1, -0.05) is 12.1 Å². The number of amides is 1. The average molecular weight is 428 g/mol. The summed E-state index contributed by atoms with van der Waals surface area (Å²) in [5.41, 5.74) is 1.53. The van der Waals surface area contributed by atoms with Crippen LogP contribution in [0.4, 0.5) is 10.5 Å². The summed E-state index contributed by atoms with van der Waals surface area (Å²) < 4.78 is 17.8. The molecule has 3 heterocycles. The second kappa shape index (κ2) is 7.41. The van der Waals surface area contributed by atoms with Gasteiger partial charge in [0.05, 0.1) is 11.2 Å². The van der Waals surface area contributed by atoms with Gasteiger partial charge in [0.25, 0.3) is 0 Å². The summed E-state index contributed by atoms with van der Waals surface area (Å²) in [7, 11) is -0.320. The SMILES string of the molecule is CC(C)(C)OC(=O)N1CCC2(CC1)CN(c1ccc(B3OC(C)(C)C(C)(C)O3)cc1)C2. The molecule has 31 heavy (non-hydrogen) atoms. The van der Waals surface area contributed by atoms with Crippen LogP contribution in [0.15, 0.2) is 24.3 Å². The van der Waals surface area contributed by atoms with Gasteiger partial charge in [0, 0.05) is 37.3 Å². The van der Waals surface area contributed by atoms with E-state index in [-0.39, 0.29) is 24.4 Å². The van der Waals surface area contributed by atoms with Crippen LogP contribution in [0.3, 0.4) is 0 Å². The van der Waals surface area contributed by atoms with Crippen molar-refractivity contribution in [1.29, 1.82) is 0 Å². The molecule has 7 heteroatoms. The molecule has 0 radical (unpaired) electrons. The highest BCUT2D eigenvalue weighted by molar-refractivity contribution is 6.62. The summed E-state index contributed by atoms with van der Waals surface area (Å²) in [6.45, 7) is 17.7. The molecule has 3 aliphatic heterocycles. The molecule has 170 valence electrons. The van der Waals surface area contributed by atoms with Gasteiger partial charge in [-0.3, -0.25) is 0 Å². The Morgan fingerprint density at radius 3 is 1.97 bits per heavy atom. The number of likely N-dealkylation sites (tertiary alicyclic amines) is 1. The van der Waals surface area contributed by atoms with Crippen LogP contribution in [0, 0.1) is 5.41 Å².